The average Bonchev–Trinajstić information content (AvgIpc) is 3.15. The highest BCUT2D eigenvalue weighted by molar-refractivity contribution is 7.59. The number of morpholine rings is 1. The topological polar surface area (TPSA) is 88.2 Å². The van der Waals surface area contributed by atoms with Crippen LogP contribution in [0.15, 0.2) is 0 Å². The summed E-state index contributed by atoms with van der Waals surface area (Å²) in [5, 5.41) is 3.01. The van der Waals surface area contributed by atoms with Crippen molar-refractivity contribution in [3.05, 3.63) is 0 Å². The summed E-state index contributed by atoms with van der Waals surface area (Å²) < 4.78 is 10.9. The van der Waals surface area contributed by atoms with Crippen LogP contribution in [0.2, 0.25) is 0 Å². The quantitative estimate of drug-likeness (QED) is 0.667. The van der Waals surface area contributed by atoms with Gasteiger partial charge in [-0.1, -0.05) is 32.1 Å². The van der Waals surface area contributed by atoms with Crippen LogP contribution in [0.1, 0.15) is 51.4 Å². The molecule has 4 aliphatic rings. The van der Waals surface area contributed by atoms with E-state index in [1.807, 2.05) is 0 Å². The fourth-order valence-corrected chi connectivity index (χ4v) is 5.22. The van der Waals surface area contributed by atoms with Crippen LogP contribution in [0.25, 0.3) is 0 Å². The molecular formula is C21H37N3O5S2. The smallest absolute Gasteiger partial charge is 0.318 e. The molecule has 31 heavy (non-hydrogen) atoms. The van der Waals surface area contributed by atoms with Gasteiger partial charge < -0.3 is 24.6 Å². The van der Waals surface area contributed by atoms with Crippen LogP contribution in [0.4, 0.5) is 4.79 Å². The van der Waals surface area contributed by atoms with Crippen molar-refractivity contribution in [3.63, 3.8) is 0 Å². The second kappa shape index (κ2) is 12.3. The maximum atomic E-state index is 13.5. The molecule has 0 aromatic rings. The zero-order valence-electron chi connectivity index (χ0n) is 18.1. The maximum Gasteiger partial charge on any atom is 0.318 e. The number of rotatable bonds is 4. The van der Waals surface area contributed by atoms with E-state index < -0.39 is 12.1 Å². The first-order chi connectivity index (χ1) is 14.1. The molecule has 178 valence electrons. The minimum Gasteiger partial charge on any atom is -0.378 e. The molecule has 0 aromatic carbocycles. The summed E-state index contributed by atoms with van der Waals surface area (Å²) in [4.78, 5) is 42.1. The zero-order valence-corrected chi connectivity index (χ0v) is 20.1. The number of fused-ring (bicyclic) bond motifs is 1. The SMILES string of the molecule is O=C1CO[C@@H]2CCCN(C(=O)[C@H](CC3CCCCC3)NC(=O)N3CCOCC3)[C@H]12.S.S. The molecule has 1 N–H and O–H groups in total. The van der Waals surface area contributed by atoms with Crippen LogP contribution >= 0.6 is 27.0 Å². The number of carbonyl (C=O) groups excluding carboxylic acids is 3. The molecule has 3 heterocycles. The number of carbonyl (C=O) groups is 3. The first-order valence-corrected chi connectivity index (χ1v) is 11.2. The molecule has 1 aliphatic carbocycles. The molecule has 0 unspecified atom stereocenters. The van der Waals surface area contributed by atoms with Crippen LogP contribution in [0, 0.1) is 5.92 Å². The van der Waals surface area contributed by atoms with Gasteiger partial charge in [-0.05, 0) is 25.2 Å². The highest BCUT2D eigenvalue weighted by Crippen LogP contribution is 2.30. The summed E-state index contributed by atoms with van der Waals surface area (Å²) >= 11 is 0. The van der Waals surface area contributed by atoms with Gasteiger partial charge in [0.05, 0.1) is 19.3 Å². The zero-order chi connectivity index (χ0) is 20.2. The van der Waals surface area contributed by atoms with Gasteiger partial charge in [-0.25, -0.2) is 4.79 Å². The molecular weight excluding hydrogens is 438 g/mol. The number of piperidine rings is 1. The number of ether oxygens (including phenoxy) is 2. The Labute approximate surface area is 198 Å². The van der Waals surface area contributed by atoms with Crippen LogP contribution in [0.3, 0.4) is 0 Å². The average molecular weight is 476 g/mol. The lowest BCUT2D eigenvalue weighted by Gasteiger charge is -2.39. The van der Waals surface area contributed by atoms with Crippen molar-refractivity contribution < 1.29 is 23.9 Å². The van der Waals surface area contributed by atoms with Gasteiger partial charge in [-0.15, -0.1) is 0 Å². The molecule has 10 heteroatoms. The fourth-order valence-electron chi connectivity index (χ4n) is 5.22. The van der Waals surface area contributed by atoms with Gasteiger partial charge in [0.2, 0.25) is 5.91 Å². The highest BCUT2D eigenvalue weighted by atomic mass is 32.1. The molecule has 8 nitrogen and oxygen atoms in total. The lowest BCUT2D eigenvalue weighted by Crippen LogP contribution is -2.59. The second-order valence-corrected chi connectivity index (χ2v) is 8.78. The van der Waals surface area contributed by atoms with E-state index in [4.69, 9.17) is 9.47 Å². The second-order valence-electron chi connectivity index (χ2n) is 8.78. The number of nitrogens with zero attached hydrogens (tertiary/aromatic N) is 2. The number of likely N-dealkylation sites (tertiary alicyclic amines) is 1. The van der Waals surface area contributed by atoms with E-state index in [1.165, 1.54) is 19.3 Å². The number of ketones is 1. The molecule has 3 aliphatic heterocycles. The predicted molar refractivity (Wildman–Crippen MR) is 126 cm³/mol. The van der Waals surface area contributed by atoms with Crippen molar-refractivity contribution in [3.8, 4) is 0 Å². The number of hydrogen-bond donors (Lipinski definition) is 1. The lowest BCUT2D eigenvalue weighted by atomic mass is 9.84. The van der Waals surface area contributed by atoms with E-state index in [0.717, 1.165) is 25.7 Å². The Balaban J connectivity index is 0.00000171. The van der Waals surface area contributed by atoms with E-state index in [2.05, 4.69) is 5.32 Å². The Bertz CT molecular complexity index is 626. The predicted octanol–water partition coefficient (Wildman–Crippen LogP) is 1.55. The Hall–Kier alpha value is -0.970. The third-order valence-corrected chi connectivity index (χ3v) is 6.82. The third-order valence-electron chi connectivity index (χ3n) is 6.82. The molecule has 1 saturated carbocycles. The summed E-state index contributed by atoms with van der Waals surface area (Å²) in [6.45, 7) is 2.77. The number of urea groups is 1. The standard InChI is InChI=1S/C21H33N3O5.2H2S/c25-17-14-29-18-7-4-8-24(19(17)18)20(26)16(13-15-5-2-1-3-6-15)22-21(27)23-9-11-28-12-10-23;;/h15-16,18-19H,1-14H2,(H,22,27);2*1H2/t16-,18+,19+;;/m0../s1. The van der Waals surface area contributed by atoms with Crippen LogP contribution in [0.5, 0.6) is 0 Å². The molecule has 0 aromatic heterocycles. The van der Waals surface area contributed by atoms with Crippen LogP contribution in [-0.4, -0.2) is 85.2 Å². The first-order valence-electron chi connectivity index (χ1n) is 11.2. The van der Waals surface area contributed by atoms with Crippen LogP contribution in [-0.2, 0) is 19.1 Å². The van der Waals surface area contributed by atoms with Crippen molar-refractivity contribution in [1.29, 1.82) is 0 Å². The van der Waals surface area contributed by atoms with Gasteiger partial charge in [0.1, 0.15) is 18.7 Å². The highest BCUT2D eigenvalue weighted by Gasteiger charge is 2.46. The van der Waals surface area contributed by atoms with E-state index >= 15 is 0 Å². The van der Waals surface area contributed by atoms with Gasteiger partial charge in [0, 0.05) is 19.6 Å². The minimum absolute atomic E-state index is 0. The lowest BCUT2D eigenvalue weighted by molar-refractivity contribution is -0.142. The summed E-state index contributed by atoms with van der Waals surface area (Å²) in [7, 11) is 0. The Morgan fingerprint density at radius 3 is 2.42 bits per heavy atom. The van der Waals surface area contributed by atoms with Crippen molar-refractivity contribution in [2.75, 3.05) is 39.5 Å². The van der Waals surface area contributed by atoms with Gasteiger partial charge in [-0.2, -0.15) is 27.0 Å². The Morgan fingerprint density at radius 1 is 1.00 bits per heavy atom. The Morgan fingerprint density at radius 2 is 1.71 bits per heavy atom. The van der Waals surface area contributed by atoms with Crippen molar-refractivity contribution >= 4 is 44.7 Å². The number of hydrogen-bond acceptors (Lipinski definition) is 5. The summed E-state index contributed by atoms with van der Waals surface area (Å²) in [6.07, 6.45) is 7.92. The largest absolute Gasteiger partial charge is 0.378 e. The van der Waals surface area contributed by atoms with E-state index in [1.54, 1.807) is 9.80 Å². The number of nitrogens with one attached hydrogen (secondary N) is 1. The fraction of sp³-hybridized carbons (Fsp3) is 0.857. The number of amides is 3. The number of Topliss-reactive ketones (excluding diaryl/α,β-unsaturated/α-hetero) is 1. The van der Waals surface area contributed by atoms with E-state index in [0.29, 0.717) is 45.2 Å². The van der Waals surface area contributed by atoms with Gasteiger partial charge in [0.25, 0.3) is 0 Å². The van der Waals surface area contributed by atoms with E-state index in [9.17, 15) is 14.4 Å². The minimum atomic E-state index is -0.583. The summed E-state index contributed by atoms with van der Waals surface area (Å²) in [6, 6.07) is -1.27. The monoisotopic (exact) mass is 475 g/mol. The molecule has 0 radical (unpaired) electrons. The van der Waals surface area contributed by atoms with Crippen molar-refractivity contribution in [2.24, 2.45) is 5.92 Å². The molecule has 3 amide bonds. The van der Waals surface area contributed by atoms with Gasteiger partial charge >= 0.3 is 6.03 Å². The molecule has 3 saturated heterocycles. The molecule has 3 atom stereocenters. The van der Waals surface area contributed by atoms with E-state index in [-0.39, 0.29) is 57.4 Å². The first kappa shape index (κ1) is 26.3. The van der Waals surface area contributed by atoms with Gasteiger partial charge in [-0.3, -0.25) is 9.59 Å². The maximum absolute atomic E-state index is 13.5. The van der Waals surface area contributed by atoms with Crippen molar-refractivity contribution in [1.82, 2.24) is 15.1 Å². The normalized spacial score (nSPS) is 27.5. The Kier molecular flexibility index (Phi) is 10.4. The van der Waals surface area contributed by atoms with Crippen molar-refractivity contribution in [2.45, 2.75) is 69.6 Å². The molecule has 4 fully saturated rings. The summed E-state index contributed by atoms with van der Waals surface area (Å²) in [5.41, 5.74) is 0. The molecule has 0 bridgehead atoms. The van der Waals surface area contributed by atoms with Gasteiger partial charge in [0.15, 0.2) is 5.78 Å². The molecule has 4 rings (SSSR count). The summed E-state index contributed by atoms with van der Waals surface area (Å²) in [5.74, 6) is 0.309. The third kappa shape index (κ3) is 6.30. The van der Waals surface area contributed by atoms with Crippen LogP contribution < -0.4 is 5.32 Å². The molecule has 0 spiro atoms.